The van der Waals surface area contributed by atoms with Gasteiger partial charge in [0.25, 0.3) is 0 Å². The van der Waals surface area contributed by atoms with Gasteiger partial charge >= 0.3 is 0 Å². The van der Waals surface area contributed by atoms with Crippen LogP contribution in [0, 0.1) is 0 Å². The molecule has 0 aliphatic carbocycles. The number of likely N-dealkylation sites (N-methyl/N-ethyl adjacent to an activating group) is 2. The van der Waals surface area contributed by atoms with Gasteiger partial charge in [-0.3, -0.25) is 9.69 Å². The fraction of sp³-hybridized carbons (Fsp3) is 0.500. The highest BCUT2D eigenvalue weighted by Crippen LogP contribution is 2.25. The molecule has 0 bridgehead atoms. The molecule has 2 N–H and O–H groups in total. The molecule has 2 rings (SSSR count). The molecule has 0 saturated heterocycles. The first-order valence-electron chi connectivity index (χ1n) is 7.08. The molecule has 0 fully saturated rings. The van der Waals surface area contributed by atoms with Gasteiger partial charge in [-0.25, -0.2) is 9.97 Å². The highest BCUT2D eigenvalue weighted by atomic mass is 32.1. The van der Waals surface area contributed by atoms with Gasteiger partial charge in [-0.2, -0.15) is 0 Å². The number of hydrogen-bond donors (Lipinski definition) is 2. The van der Waals surface area contributed by atoms with E-state index >= 15 is 0 Å². The molecule has 0 saturated carbocycles. The van der Waals surface area contributed by atoms with Crippen LogP contribution in [0.2, 0.25) is 0 Å². The van der Waals surface area contributed by atoms with Gasteiger partial charge in [-0.15, -0.1) is 11.3 Å². The lowest BCUT2D eigenvalue weighted by molar-refractivity contribution is -0.121. The number of aromatic nitrogens is 2. The van der Waals surface area contributed by atoms with Gasteiger partial charge in [0.1, 0.15) is 16.5 Å². The standard InChI is InChI=1S/C14H21N5OS/c1-4-16-13-10-6-7-21-14(10)18-11(17-13)8-19(5-2)9-12(20)15-3/h6-7H,4-5,8-9H2,1-3H3,(H,15,20)(H,16,17,18). The Bertz CT molecular complexity index is 612. The summed E-state index contributed by atoms with van der Waals surface area (Å²) in [5.41, 5.74) is 0. The summed E-state index contributed by atoms with van der Waals surface area (Å²) in [6, 6.07) is 2.03. The van der Waals surface area contributed by atoms with Gasteiger partial charge in [0.05, 0.1) is 18.5 Å². The predicted molar refractivity (Wildman–Crippen MR) is 86.6 cm³/mol. The Morgan fingerprint density at radius 3 is 2.86 bits per heavy atom. The highest BCUT2D eigenvalue weighted by molar-refractivity contribution is 7.16. The van der Waals surface area contributed by atoms with Crippen LogP contribution < -0.4 is 10.6 Å². The number of fused-ring (bicyclic) bond motifs is 1. The van der Waals surface area contributed by atoms with Crippen molar-refractivity contribution < 1.29 is 4.79 Å². The monoisotopic (exact) mass is 307 g/mol. The Hall–Kier alpha value is -1.73. The van der Waals surface area contributed by atoms with Crippen LogP contribution in [0.25, 0.3) is 10.2 Å². The topological polar surface area (TPSA) is 70.2 Å². The number of amides is 1. The van der Waals surface area contributed by atoms with Crippen molar-refractivity contribution in [3.8, 4) is 0 Å². The smallest absolute Gasteiger partial charge is 0.233 e. The molecule has 114 valence electrons. The number of thiophene rings is 1. The maximum absolute atomic E-state index is 11.5. The Morgan fingerprint density at radius 1 is 1.38 bits per heavy atom. The van der Waals surface area contributed by atoms with Gasteiger partial charge in [0, 0.05) is 13.6 Å². The molecule has 21 heavy (non-hydrogen) atoms. The zero-order chi connectivity index (χ0) is 15.2. The normalized spacial score (nSPS) is 11.0. The molecule has 7 heteroatoms. The average molecular weight is 307 g/mol. The Morgan fingerprint density at radius 2 is 2.19 bits per heavy atom. The minimum Gasteiger partial charge on any atom is -0.370 e. The first-order valence-corrected chi connectivity index (χ1v) is 7.96. The summed E-state index contributed by atoms with van der Waals surface area (Å²) in [5.74, 6) is 1.61. The maximum Gasteiger partial charge on any atom is 0.233 e. The average Bonchev–Trinajstić information content (AvgIpc) is 2.95. The van der Waals surface area contributed by atoms with E-state index in [0.29, 0.717) is 13.1 Å². The van der Waals surface area contributed by atoms with Crippen LogP contribution in [0.4, 0.5) is 5.82 Å². The molecule has 1 amide bonds. The molecule has 0 aromatic carbocycles. The van der Waals surface area contributed by atoms with Crippen LogP contribution in [0.1, 0.15) is 19.7 Å². The van der Waals surface area contributed by atoms with Crippen molar-refractivity contribution in [2.75, 3.05) is 32.0 Å². The number of carbonyl (C=O) groups excluding carboxylic acids is 1. The molecule has 6 nitrogen and oxygen atoms in total. The predicted octanol–water partition coefficient (Wildman–Crippen LogP) is 1.69. The summed E-state index contributed by atoms with van der Waals surface area (Å²) in [7, 11) is 1.65. The zero-order valence-corrected chi connectivity index (χ0v) is 13.5. The highest BCUT2D eigenvalue weighted by Gasteiger charge is 2.13. The second-order valence-electron chi connectivity index (χ2n) is 4.63. The number of nitrogens with zero attached hydrogens (tertiary/aromatic N) is 3. The summed E-state index contributed by atoms with van der Waals surface area (Å²) >= 11 is 1.61. The minimum absolute atomic E-state index is 0.000887. The van der Waals surface area contributed by atoms with Crippen molar-refractivity contribution in [3.63, 3.8) is 0 Å². The minimum atomic E-state index is 0.000887. The van der Waals surface area contributed by atoms with Crippen LogP contribution in [-0.2, 0) is 11.3 Å². The molecule has 0 spiro atoms. The quantitative estimate of drug-likeness (QED) is 0.814. The van der Waals surface area contributed by atoms with Crippen molar-refractivity contribution in [2.45, 2.75) is 20.4 Å². The lowest BCUT2D eigenvalue weighted by atomic mass is 10.3. The Kier molecular flexibility index (Phi) is 5.46. The van der Waals surface area contributed by atoms with Crippen molar-refractivity contribution in [2.24, 2.45) is 0 Å². The molecular formula is C14H21N5OS. The van der Waals surface area contributed by atoms with Crippen LogP contribution in [0.3, 0.4) is 0 Å². The number of anilines is 1. The second kappa shape index (κ2) is 7.33. The lowest BCUT2D eigenvalue weighted by Gasteiger charge is -2.18. The number of rotatable bonds is 7. The zero-order valence-electron chi connectivity index (χ0n) is 12.6. The molecular weight excluding hydrogens is 286 g/mol. The van der Waals surface area contributed by atoms with Gasteiger partial charge in [-0.1, -0.05) is 6.92 Å². The number of hydrogen-bond acceptors (Lipinski definition) is 6. The third-order valence-electron chi connectivity index (χ3n) is 3.17. The molecule has 2 aromatic heterocycles. The van der Waals surface area contributed by atoms with E-state index in [1.54, 1.807) is 18.4 Å². The summed E-state index contributed by atoms with van der Waals surface area (Å²) in [5, 5.41) is 8.99. The van der Waals surface area contributed by atoms with Crippen LogP contribution in [0.15, 0.2) is 11.4 Å². The van der Waals surface area contributed by atoms with Gasteiger partial charge in [-0.05, 0) is 24.9 Å². The molecule has 0 atom stereocenters. The van der Waals surface area contributed by atoms with E-state index in [9.17, 15) is 4.79 Å². The van der Waals surface area contributed by atoms with Gasteiger partial charge < -0.3 is 10.6 Å². The van der Waals surface area contributed by atoms with Crippen LogP contribution >= 0.6 is 11.3 Å². The largest absolute Gasteiger partial charge is 0.370 e. The van der Waals surface area contributed by atoms with Gasteiger partial charge in [0.15, 0.2) is 0 Å². The third-order valence-corrected chi connectivity index (χ3v) is 3.98. The van der Waals surface area contributed by atoms with E-state index in [1.807, 2.05) is 30.2 Å². The van der Waals surface area contributed by atoms with E-state index < -0.39 is 0 Å². The molecule has 0 unspecified atom stereocenters. The molecule has 0 radical (unpaired) electrons. The second-order valence-corrected chi connectivity index (χ2v) is 5.53. The van der Waals surface area contributed by atoms with Crippen LogP contribution in [-0.4, -0.2) is 47.5 Å². The van der Waals surface area contributed by atoms with Gasteiger partial charge in [0.2, 0.25) is 5.91 Å². The fourth-order valence-electron chi connectivity index (χ4n) is 2.03. The lowest BCUT2D eigenvalue weighted by Crippen LogP contribution is -2.35. The molecule has 2 heterocycles. The van der Waals surface area contributed by atoms with Crippen molar-refractivity contribution in [3.05, 3.63) is 17.3 Å². The molecule has 2 aromatic rings. The van der Waals surface area contributed by atoms with E-state index in [0.717, 1.165) is 34.9 Å². The summed E-state index contributed by atoms with van der Waals surface area (Å²) in [6.07, 6.45) is 0. The first-order chi connectivity index (χ1) is 10.2. The number of nitrogens with one attached hydrogen (secondary N) is 2. The van der Waals surface area contributed by atoms with E-state index in [-0.39, 0.29) is 5.91 Å². The Balaban J connectivity index is 2.22. The SMILES string of the molecule is CCNc1nc(CN(CC)CC(=O)NC)nc2sccc12. The maximum atomic E-state index is 11.5. The van der Waals surface area contributed by atoms with Crippen molar-refractivity contribution in [1.82, 2.24) is 20.2 Å². The Labute approximate surface area is 128 Å². The van der Waals surface area contributed by atoms with Crippen molar-refractivity contribution >= 4 is 33.3 Å². The first kappa shape index (κ1) is 15.7. The summed E-state index contributed by atoms with van der Waals surface area (Å²) < 4.78 is 0. The summed E-state index contributed by atoms with van der Waals surface area (Å²) in [6.45, 7) is 6.58. The van der Waals surface area contributed by atoms with E-state index in [1.165, 1.54) is 0 Å². The number of carbonyl (C=O) groups is 1. The molecule has 0 aliphatic heterocycles. The van der Waals surface area contributed by atoms with Crippen molar-refractivity contribution in [1.29, 1.82) is 0 Å². The summed E-state index contributed by atoms with van der Waals surface area (Å²) in [4.78, 5) is 23.7. The van der Waals surface area contributed by atoms with E-state index in [4.69, 9.17) is 0 Å². The van der Waals surface area contributed by atoms with E-state index in [2.05, 4.69) is 20.6 Å². The third kappa shape index (κ3) is 3.89. The molecule has 0 aliphatic rings. The van der Waals surface area contributed by atoms with Crippen LogP contribution in [0.5, 0.6) is 0 Å². The fourth-order valence-corrected chi connectivity index (χ4v) is 2.82.